The van der Waals surface area contributed by atoms with Crippen LogP contribution >= 0.6 is 22.6 Å². The monoisotopic (exact) mass is 308 g/mol. The lowest BCUT2D eigenvalue weighted by Crippen LogP contribution is -1.90. The van der Waals surface area contributed by atoms with Crippen LogP contribution in [0.1, 0.15) is 0 Å². The summed E-state index contributed by atoms with van der Waals surface area (Å²) >= 11 is 2.28. The maximum atomic E-state index is 4.44. The molecule has 1 heterocycles. The van der Waals surface area contributed by atoms with Crippen molar-refractivity contribution < 1.29 is 0 Å². The van der Waals surface area contributed by atoms with Gasteiger partial charge in [-0.15, -0.1) is 0 Å². The summed E-state index contributed by atoms with van der Waals surface area (Å²) in [5.74, 6) is 0. The first-order valence-electron chi connectivity index (χ1n) is 4.77. The number of benzene rings is 2. The average Bonchev–Trinajstić information content (AvgIpc) is 2.55. The van der Waals surface area contributed by atoms with Crippen molar-refractivity contribution in [2.75, 3.05) is 0 Å². The van der Waals surface area contributed by atoms with Crippen molar-refractivity contribution >= 4 is 44.3 Å². The van der Waals surface area contributed by atoms with Crippen molar-refractivity contribution in [1.82, 2.24) is 9.78 Å². The molecule has 1 aromatic heterocycles. The highest BCUT2D eigenvalue weighted by molar-refractivity contribution is 14.1. The van der Waals surface area contributed by atoms with E-state index in [0.717, 1.165) is 3.70 Å². The molecule has 3 aromatic rings. The molecule has 0 fully saturated rings. The van der Waals surface area contributed by atoms with Gasteiger partial charge in [0.15, 0.2) is 0 Å². The molecule has 0 atom stereocenters. The van der Waals surface area contributed by atoms with Gasteiger partial charge >= 0.3 is 0 Å². The molecule has 0 spiro atoms. The maximum absolute atomic E-state index is 4.44. The predicted octanol–water partition coefficient (Wildman–Crippen LogP) is 3.33. The maximum Gasteiger partial charge on any atom is 0.131 e. The van der Waals surface area contributed by atoms with E-state index in [0.29, 0.717) is 0 Å². The Hall–Kier alpha value is -1.10. The first-order valence-corrected chi connectivity index (χ1v) is 5.85. The number of aromatic nitrogens is 2. The molecule has 0 aliphatic carbocycles. The lowest BCUT2D eigenvalue weighted by atomic mass is 10.1. The lowest BCUT2D eigenvalue weighted by Gasteiger charge is -2.00. The van der Waals surface area contributed by atoms with Gasteiger partial charge in [-0.05, 0) is 34.0 Å². The predicted molar refractivity (Wildman–Crippen MR) is 70.9 cm³/mol. The summed E-state index contributed by atoms with van der Waals surface area (Å²) in [6.07, 6.45) is 0. The fourth-order valence-electron chi connectivity index (χ4n) is 2.01. The van der Waals surface area contributed by atoms with E-state index in [-0.39, 0.29) is 0 Å². The minimum absolute atomic E-state index is 1.07. The number of nitrogens with zero attached hydrogens (tertiary/aromatic N) is 2. The van der Waals surface area contributed by atoms with Gasteiger partial charge in [0.1, 0.15) is 3.70 Å². The molecule has 0 N–H and O–H groups in total. The van der Waals surface area contributed by atoms with Gasteiger partial charge in [-0.1, -0.05) is 30.3 Å². The zero-order valence-corrected chi connectivity index (χ0v) is 10.4. The highest BCUT2D eigenvalue weighted by Gasteiger charge is 2.08. The largest absolute Gasteiger partial charge is 0.266 e. The van der Waals surface area contributed by atoms with Crippen LogP contribution < -0.4 is 0 Å². The van der Waals surface area contributed by atoms with Crippen LogP contribution in [-0.4, -0.2) is 9.78 Å². The second-order valence-electron chi connectivity index (χ2n) is 3.60. The molecule has 74 valence electrons. The number of hydrogen-bond acceptors (Lipinski definition) is 1. The van der Waals surface area contributed by atoms with Crippen LogP contribution in [0.25, 0.3) is 21.7 Å². The van der Waals surface area contributed by atoms with Crippen molar-refractivity contribution in [2.45, 2.75) is 0 Å². The van der Waals surface area contributed by atoms with Crippen LogP contribution in [0.5, 0.6) is 0 Å². The van der Waals surface area contributed by atoms with Crippen LogP contribution in [0.2, 0.25) is 0 Å². The van der Waals surface area contributed by atoms with Gasteiger partial charge in [0.25, 0.3) is 0 Å². The smallest absolute Gasteiger partial charge is 0.131 e. The van der Waals surface area contributed by atoms with Crippen LogP contribution in [0.15, 0.2) is 36.4 Å². The molecule has 0 saturated heterocycles. The lowest BCUT2D eigenvalue weighted by molar-refractivity contribution is 0.789. The van der Waals surface area contributed by atoms with Crippen LogP contribution in [0, 0.1) is 3.70 Å². The molecule has 3 rings (SSSR count). The van der Waals surface area contributed by atoms with Crippen molar-refractivity contribution in [2.24, 2.45) is 7.05 Å². The van der Waals surface area contributed by atoms with E-state index in [1.807, 2.05) is 11.7 Å². The summed E-state index contributed by atoms with van der Waals surface area (Å²) in [7, 11) is 2.00. The van der Waals surface area contributed by atoms with Crippen molar-refractivity contribution in [1.29, 1.82) is 0 Å². The average molecular weight is 308 g/mol. The number of fused-ring (bicyclic) bond motifs is 3. The number of rotatable bonds is 0. The van der Waals surface area contributed by atoms with Crippen molar-refractivity contribution in [3.05, 3.63) is 40.1 Å². The minimum Gasteiger partial charge on any atom is -0.266 e. The summed E-state index contributed by atoms with van der Waals surface area (Å²) in [6.45, 7) is 0. The number of halogens is 1. The zero-order chi connectivity index (χ0) is 10.4. The Morgan fingerprint density at radius 2 is 1.87 bits per heavy atom. The third-order valence-electron chi connectivity index (χ3n) is 2.68. The molecule has 0 radical (unpaired) electrons. The van der Waals surface area contributed by atoms with Crippen molar-refractivity contribution in [3.8, 4) is 0 Å². The number of hydrogen-bond donors (Lipinski definition) is 0. The van der Waals surface area contributed by atoms with E-state index in [1.165, 1.54) is 21.7 Å². The second kappa shape index (κ2) is 3.20. The van der Waals surface area contributed by atoms with E-state index in [2.05, 4.69) is 64.1 Å². The minimum atomic E-state index is 1.07. The Balaban J connectivity index is 2.64. The summed E-state index contributed by atoms with van der Waals surface area (Å²) in [4.78, 5) is 0. The summed E-state index contributed by atoms with van der Waals surface area (Å²) < 4.78 is 3.02. The molecule has 0 bridgehead atoms. The van der Waals surface area contributed by atoms with E-state index >= 15 is 0 Å². The zero-order valence-electron chi connectivity index (χ0n) is 8.24. The Kier molecular flexibility index (Phi) is 1.95. The van der Waals surface area contributed by atoms with Crippen molar-refractivity contribution in [3.63, 3.8) is 0 Å². The summed E-state index contributed by atoms with van der Waals surface area (Å²) in [5, 5.41) is 8.22. The van der Waals surface area contributed by atoms with Gasteiger partial charge in [-0.3, -0.25) is 4.68 Å². The van der Waals surface area contributed by atoms with E-state index in [4.69, 9.17) is 0 Å². The fraction of sp³-hybridized carbons (Fsp3) is 0.0833. The molecule has 0 aliphatic heterocycles. The second-order valence-corrected chi connectivity index (χ2v) is 4.62. The quantitative estimate of drug-likeness (QED) is 0.583. The van der Waals surface area contributed by atoms with E-state index < -0.39 is 0 Å². The fourth-order valence-corrected chi connectivity index (χ4v) is 2.76. The molecule has 0 amide bonds. The molecule has 15 heavy (non-hydrogen) atoms. The molecular formula is C12H9IN2. The van der Waals surface area contributed by atoms with Crippen LogP contribution in [0.3, 0.4) is 0 Å². The van der Waals surface area contributed by atoms with Crippen LogP contribution in [-0.2, 0) is 7.05 Å². The highest BCUT2D eigenvalue weighted by Crippen LogP contribution is 2.27. The molecule has 3 heteroatoms. The Labute approximate surface area is 101 Å². The Morgan fingerprint density at radius 1 is 1.07 bits per heavy atom. The molecular weight excluding hydrogens is 299 g/mol. The number of aryl methyl sites for hydroxylation is 1. The van der Waals surface area contributed by atoms with E-state index in [1.54, 1.807) is 0 Å². The molecule has 0 aliphatic rings. The first-order chi connectivity index (χ1) is 7.27. The third-order valence-corrected chi connectivity index (χ3v) is 3.48. The summed E-state index contributed by atoms with van der Waals surface area (Å²) in [6, 6.07) is 12.7. The van der Waals surface area contributed by atoms with Gasteiger partial charge < -0.3 is 0 Å². The normalized spacial score (nSPS) is 11.3. The molecule has 2 nitrogen and oxygen atoms in total. The van der Waals surface area contributed by atoms with Gasteiger partial charge in [-0.2, -0.15) is 5.10 Å². The van der Waals surface area contributed by atoms with Gasteiger partial charge in [0.2, 0.25) is 0 Å². The molecule has 0 saturated carbocycles. The molecule has 2 aromatic carbocycles. The first kappa shape index (κ1) is 9.15. The third kappa shape index (κ3) is 1.26. The Morgan fingerprint density at radius 3 is 2.73 bits per heavy atom. The SMILES string of the molecule is Cn1nc(I)c2ccc3ccccc3c21. The van der Waals surface area contributed by atoms with Crippen LogP contribution in [0.4, 0.5) is 0 Å². The topological polar surface area (TPSA) is 17.8 Å². The Bertz CT molecular complexity index is 655. The van der Waals surface area contributed by atoms with Gasteiger partial charge in [-0.25, -0.2) is 0 Å². The van der Waals surface area contributed by atoms with Gasteiger partial charge in [0, 0.05) is 17.8 Å². The van der Waals surface area contributed by atoms with E-state index in [9.17, 15) is 0 Å². The van der Waals surface area contributed by atoms with Gasteiger partial charge in [0.05, 0.1) is 5.52 Å². The highest BCUT2D eigenvalue weighted by atomic mass is 127. The molecule has 0 unspecified atom stereocenters. The standard InChI is InChI=1S/C12H9IN2/c1-15-11-9-5-3-2-4-8(9)6-7-10(11)12(13)14-15/h2-7H,1H3. The summed E-state index contributed by atoms with van der Waals surface area (Å²) in [5.41, 5.74) is 1.22.